The van der Waals surface area contributed by atoms with Crippen molar-refractivity contribution in [2.45, 2.75) is 32.2 Å². The molecule has 0 bridgehead atoms. The Balaban J connectivity index is 1.98. The van der Waals surface area contributed by atoms with E-state index in [4.69, 9.17) is 12.2 Å². The van der Waals surface area contributed by atoms with Gasteiger partial charge in [0.2, 0.25) is 0 Å². The number of benzene rings is 1. The lowest BCUT2D eigenvalue weighted by molar-refractivity contribution is 0.524. The SMILES string of the molecule is C=C(C)CNC(=S)NC1CCCc2ccccc21. The summed E-state index contributed by atoms with van der Waals surface area (Å²) in [6.45, 7) is 6.59. The highest BCUT2D eigenvalue weighted by Crippen LogP contribution is 2.29. The average Bonchev–Trinajstić information content (AvgIpc) is 2.37. The van der Waals surface area contributed by atoms with Gasteiger partial charge in [0.15, 0.2) is 5.11 Å². The molecule has 0 fully saturated rings. The van der Waals surface area contributed by atoms with Gasteiger partial charge in [0.05, 0.1) is 6.04 Å². The molecule has 1 unspecified atom stereocenters. The fraction of sp³-hybridized carbons (Fsp3) is 0.400. The zero-order valence-corrected chi connectivity index (χ0v) is 11.6. The van der Waals surface area contributed by atoms with Crippen LogP contribution in [0.4, 0.5) is 0 Å². The summed E-state index contributed by atoms with van der Waals surface area (Å²) >= 11 is 5.32. The second kappa shape index (κ2) is 6.01. The first-order valence-corrected chi connectivity index (χ1v) is 6.84. The van der Waals surface area contributed by atoms with Crippen LogP contribution in [0.25, 0.3) is 0 Å². The van der Waals surface area contributed by atoms with Crippen LogP contribution in [0.3, 0.4) is 0 Å². The maximum Gasteiger partial charge on any atom is 0.167 e. The topological polar surface area (TPSA) is 24.1 Å². The maximum atomic E-state index is 5.32. The molecule has 3 heteroatoms. The van der Waals surface area contributed by atoms with Crippen molar-refractivity contribution in [1.29, 1.82) is 0 Å². The zero-order chi connectivity index (χ0) is 13.0. The molecule has 2 N–H and O–H groups in total. The summed E-state index contributed by atoms with van der Waals surface area (Å²) in [7, 11) is 0. The second-order valence-electron chi connectivity index (χ2n) is 4.93. The van der Waals surface area contributed by atoms with Gasteiger partial charge in [-0.15, -0.1) is 0 Å². The van der Waals surface area contributed by atoms with Crippen molar-refractivity contribution in [3.05, 3.63) is 47.5 Å². The minimum Gasteiger partial charge on any atom is -0.359 e. The fourth-order valence-electron chi connectivity index (χ4n) is 2.34. The van der Waals surface area contributed by atoms with E-state index in [0.29, 0.717) is 6.04 Å². The Morgan fingerprint density at radius 3 is 3.00 bits per heavy atom. The predicted octanol–water partition coefficient (Wildman–Crippen LogP) is 3.10. The first-order valence-electron chi connectivity index (χ1n) is 6.43. The average molecular weight is 260 g/mol. The Morgan fingerprint density at radius 1 is 1.44 bits per heavy atom. The smallest absolute Gasteiger partial charge is 0.167 e. The Bertz CT molecular complexity index is 454. The van der Waals surface area contributed by atoms with E-state index in [0.717, 1.165) is 23.7 Å². The molecule has 0 spiro atoms. The predicted molar refractivity (Wildman–Crippen MR) is 80.7 cm³/mol. The van der Waals surface area contributed by atoms with E-state index in [1.165, 1.54) is 24.0 Å². The molecule has 0 amide bonds. The number of nitrogens with one attached hydrogen (secondary N) is 2. The molecule has 0 heterocycles. The molecule has 0 aliphatic heterocycles. The van der Waals surface area contributed by atoms with Crippen molar-refractivity contribution < 1.29 is 0 Å². The molecule has 1 aliphatic rings. The largest absolute Gasteiger partial charge is 0.359 e. The highest BCUT2D eigenvalue weighted by atomic mass is 32.1. The standard InChI is InChI=1S/C15H20N2S/c1-11(2)10-16-15(18)17-14-9-5-7-12-6-3-4-8-13(12)14/h3-4,6,8,14H,1,5,7,9-10H2,2H3,(H2,16,17,18). The minimum absolute atomic E-state index is 0.347. The zero-order valence-electron chi connectivity index (χ0n) is 10.8. The monoisotopic (exact) mass is 260 g/mol. The van der Waals surface area contributed by atoms with Gasteiger partial charge < -0.3 is 10.6 Å². The molecule has 2 nitrogen and oxygen atoms in total. The Hall–Kier alpha value is -1.35. The van der Waals surface area contributed by atoms with Crippen molar-refractivity contribution >= 4 is 17.3 Å². The molecule has 1 aliphatic carbocycles. The number of fused-ring (bicyclic) bond motifs is 1. The van der Waals surface area contributed by atoms with E-state index < -0.39 is 0 Å². The number of rotatable bonds is 3. The summed E-state index contributed by atoms with van der Waals surface area (Å²) in [6, 6.07) is 8.98. The van der Waals surface area contributed by atoms with E-state index in [2.05, 4.69) is 41.5 Å². The number of hydrogen-bond donors (Lipinski definition) is 2. The third-order valence-corrected chi connectivity index (χ3v) is 3.49. The Labute approximate surface area is 114 Å². The van der Waals surface area contributed by atoms with E-state index in [1.54, 1.807) is 0 Å². The van der Waals surface area contributed by atoms with E-state index in [1.807, 2.05) is 6.92 Å². The molecule has 0 radical (unpaired) electrons. The lowest BCUT2D eigenvalue weighted by Crippen LogP contribution is -2.39. The second-order valence-corrected chi connectivity index (χ2v) is 5.34. The third-order valence-electron chi connectivity index (χ3n) is 3.23. The van der Waals surface area contributed by atoms with Gasteiger partial charge in [-0.3, -0.25) is 0 Å². The molecule has 0 aromatic heterocycles. The quantitative estimate of drug-likeness (QED) is 0.645. The maximum absolute atomic E-state index is 5.32. The highest BCUT2D eigenvalue weighted by molar-refractivity contribution is 7.80. The third kappa shape index (κ3) is 3.33. The van der Waals surface area contributed by atoms with Crippen LogP contribution in [-0.2, 0) is 6.42 Å². The van der Waals surface area contributed by atoms with Crippen molar-refractivity contribution in [2.24, 2.45) is 0 Å². The summed E-state index contributed by atoms with van der Waals surface area (Å²) in [6.07, 6.45) is 3.55. The van der Waals surface area contributed by atoms with E-state index >= 15 is 0 Å². The van der Waals surface area contributed by atoms with Crippen molar-refractivity contribution in [1.82, 2.24) is 10.6 Å². The van der Waals surface area contributed by atoms with E-state index in [9.17, 15) is 0 Å². The molecule has 1 atom stereocenters. The van der Waals surface area contributed by atoms with Crippen LogP contribution < -0.4 is 10.6 Å². The van der Waals surface area contributed by atoms with Gasteiger partial charge >= 0.3 is 0 Å². The van der Waals surface area contributed by atoms with Gasteiger partial charge in [0.1, 0.15) is 0 Å². The molecule has 96 valence electrons. The number of thiocarbonyl (C=S) groups is 1. The lowest BCUT2D eigenvalue weighted by atomic mass is 9.88. The Kier molecular flexibility index (Phi) is 4.37. The first kappa shape index (κ1) is 13.1. The molecule has 2 rings (SSSR count). The van der Waals surface area contributed by atoms with E-state index in [-0.39, 0.29) is 0 Å². The van der Waals surface area contributed by atoms with Crippen LogP contribution in [-0.4, -0.2) is 11.7 Å². The van der Waals surface area contributed by atoms with Crippen molar-refractivity contribution in [3.63, 3.8) is 0 Å². The van der Waals surface area contributed by atoms with Gasteiger partial charge in [-0.1, -0.05) is 36.4 Å². The molecule has 0 saturated carbocycles. The van der Waals surface area contributed by atoms with Crippen LogP contribution in [0.1, 0.15) is 36.9 Å². The minimum atomic E-state index is 0.347. The molecule has 1 aromatic rings. The summed E-state index contributed by atoms with van der Waals surface area (Å²) < 4.78 is 0. The van der Waals surface area contributed by atoms with Crippen molar-refractivity contribution in [2.75, 3.05) is 6.54 Å². The lowest BCUT2D eigenvalue weighted by Gasteiger charge is -2.27. The highest BCUT2D eigenvalue weighted by Gasteiger charge is 2.19. The molecule has 18 heavy (non-hydrogen) atoms. The van der Waals surface area contributed by atoms with Crippen LogP contribution in [0.5, 0.6) is 0 Å². The molecular weight excluding hydrogens is 240 g/mol. The summed E-state index contributed by atoms with van der Waals surface area (Å²) in [5.74, 6) is 0. The normalized spacial score (nSPS) is 17.7. The van der Waals surface area contributed by atoms with Gasteiger partial charge in [0, 0.05) is 6.54 Å². The van der Waals surface area contributed by atoms with Gasteiger partial charge in [0.25, 0.3) is 0 Å². The first-order chi connectivity index (χ1) is 8.66. The molecule has 1 aromatic carbocycles. The Morgan fingerprint density at radius 2 is 2.22 bits per heavy atom. The van der Waals surface area contributed by atoms with Gasteiger partial charge in [-0.2, -0.15) is 0 Å². The summed E-state index contributed by atoms with van der Waals surface area (Å²) in [4.78, 5) is 0. The molecular formula is C15H20N2S. The van der Waals surface area contributed by atoms with Gasteiger partial charge in [-0.05, 0) is 49.5 Å². The number of hydrogen-bond acceptors (Lipinski definition) is 1. The summed E-state index contributed by atoms with van der Waals surface area (Å²) in [5.41, 5.74) is 3.93. The number of aryl methyl sites for hydroxylation is 1. The fourth-order valence-corrected chi connectivity index (χ4v) is 2.56. The summed E-state index contributed by atoms with van der Waals surface area (Å²) in [5, 5.41) is 7.31. The van der Waals surface area contributed by atoms with Crippen LogP contribution >= 0.6 is 12.2 Å². The van der Waals surface area contributed by atoms with Crippen LogP contribution in [0.2, 0.25) is 0 Å². The van der Waals surface area contributed by atoms with Crippen LogP contribution in [0.15, 0.2) is 36.4 Å². The van der Waals surface area contributed by atoms with Crippen molar-refractivity contribution in [3.8, 4) is 0 Å². The van der Waals surface area contributed by atoms with Gasteiger partial charge in [-0.25, -0.2) is 0 Å². The molecule has 0 saturated heterocycles. The van der Waals surface area contributed by atoms with Crippen LogP contribution in [0, 0.1) is 0 Å².